The first-order valence-electron chi connectivity index (χ1n) is 12.1. The minimum Gasteiger partial charge on any atom is -1.00 e. The SMILES string of the molecule is CC1=C(C)CC(c2cc(C(F)(F)F)cc(C(F)(F)F)c2)=[C-]1.CC1=C(C)CC(c2cc(C(F)(F)F)cc(C(F)(F)F)c2)=[C-]1.[Cl-].[Cl-].[Zr+4]. The second-order valence-electron chi connectivity index (χ2n) is 9.96. The molecule has 0 unspecified atom stereocenters. The van der Waals surface area contributed by atoms with E-state index in [-0.39, 0.29) is 74.3 Å². The van der Waals surface area contributed by atoms with Gasteiger partial charge in [0.25, 0.3) is 0 Å². The van der Waals surface area contributed by atoms with Gasteiger partial charge in [-0.1, -0.05) is 64.8 Å². The normalized spacial score (nSPS) is 15.4. The van der Waals surface area contributed by atoms with Gasteiger partial charge in [-0.2, -0.15) is 98.3 Å². The van der Waals surface area contributed by atoms with Gasteiger partial charge in [0.05, 0.1) is 0 Å². The summed E-state index contributed by atoms with van der Waals surface area (Å²) in [5, 5.41) is 0. The zero-order valence-electron chi connectivity index (χ0n) is 23.7. The summed E-state index contributed by atoms with van der Waals surface area (Å²) >= 11 is 0. The second-order valence-corrected chi connectivity index (χ2v) is 9.96. The minimum atomic E-state index is -4.83. The number of benzene rings is 2. The van der Waals surface area contributed by atoms with Crippen LogP contribution in [0.25, 0.3) is 11.1 Å². The maximum absolute atomic E-state index is 12.8. The predicted octanol–water partition coefficient (Wildman–Crippen LogP) is 5.31. The molecule has 0 radical (unpaired) electrons. The Balaban J connectivity index is 0.000000807. The molecule has 2 aliphatic carbocycles. The van der Waals surface area contributed by atoms with Crippen molar-refractivity contribution in [2.24, 2.45) is 0 Å². The molecule has 2 aromatic carbocycles. The number of allylic oxidation sites excluding steroid dienone is 8. The van der Waals surface area contributed by atoms with E-state index in [9.17, 15) is 52.7 Å². The molecule has 2 aliphatic rings. The van der Waals surface area contributed by atoms with Gasteiger partial charge in [-0.25, -0.2) is 0 Å². The van der Waals surface area contributed by atoms with Gasteiger partial charge in [-0.3, -0.25) is 0 Å². The van der Waals surface area contributed by atoms with Gasteiger partial charge in [0.15, 0.2) is 0 Å². The molecule has 2 aromatic rings. The molecule has 0 saturated carbocycles. The largest absolute Gasteiger partial charge is 4.00 e. The third-order valence-electron chi connectivity index (χ3n) is 6.71. The molecule has 0 spiro atoms. The Labute approximate surface area is 283 Å². The maximum Gasteiger partial charge on any atom is 4.00 e. The topological polar surface area (TPSA) is 0 Å². The van der Waals surface area contributed by atoms with E-state index in [1.54, 1.807) is 27.7 Å². The molecule has 244 valence electrons. The van der Waals surface area contributed by atoms with E-state index < -0.39 is 47.0 Å². The molecular weight excluding hydrogens is 750 g/mol. The van der Waals surface area contributed by atoms with Crippen LogP contribution in [0, 0.1) is 12.2 Å². The van der Waals surface area contributed by atoms with Crippen LogP contribution in [0.5, 0.6) is 0 Å². The van der Waals surface area contributed by atoms with Crippen molar-refractivity contribution in [2.45, 2.75) is 65.2 Å². The van der Waals surface area contributed by atoms with Crippen LogP contribution >= 0.6 is 0 Å². The van der Waals surface area contributed by atoms with Crippen molar-refractivity contribution in [2.75, 3.05) is 0 Å². The van der Waals surface area contributed by atoms with E-state index in [1.807, 2.05) is 0 Å². The average Bonchev–Trinajstić information content (AvgIpc) is 3.37. The van der Waals surface area contributed by atoms with Crippen molar-refractivity contribution in [1.29, 1.82) is 0 Å². The van der Waals surface area contributed by atoms with Crippen molar-refractivity contribution in [3.05, 3.63) is 104 Å². The van der Waals surface area contributed by atoms with Crippen LogP contribution in [0.4, 0.5) is 52.7 Å². The molecule has 4 rings (SSSR count). The molecular formula is C30H22Cl2F12Zr. The van der Waals surface area contributed by atoms with Crippen molar-refractivity contribution in [1.82, 2.24) is 0 Å². The van der Waals surface area contributed by atoms with Crippen LogP contribution in [-0.4, -0.2) is 0 Å². The molecule has 0 aromatic heterocycles. The monoisotopic (exact) mass is 770 g/mol. The van der Waals surface area contributed by atoms with Crippen molar-refractivity contribution in [3.63, 3.8) is 0 Å². The standard InChI is InChI=1S/2C15H11F6.2ClH.Zr/c2*1-8-3-10(4-9(8)2)11-5-12(14(16,17)18)7-13(6-11)15(19,20)21;;;/h2*5-7H,3H2,1-2H3;2*1H;/q2*-1;;;+4/p-2. The number of hydrogen-bond donors (Lipinski definition) is 0. The summed E-state index contributed by atoms with van der Waals surface area (Å²) in [5.74, 6) is 0. The second kappa shape index (κ2) is 15.3. The first-order valence-corrected chi connectivity index (χ1v) is 12.1. The van der Waals surface area contributed by atoms with Gasteiger partial charge >= 0.3 is 50.9 Å². The van der Waals surface area contributed by atoms with Crippen LogP contribution < -0.4 is 24.8 Å². The van der Waals surface area contributed by atoms with Gasteiger partial charge < -0.3 is 24.8 Å². The van der Waals surface area contributed by atoms with Crippen LogP contribution in [0.2, 0.25) is 0 Å². The Hall–Kier alpha value is -1.98. The molecule has 0 heterocycles. The molecule has 45 heavy (non-hydrogen) atoms. The number of alkyl halides is 12. The summed E-state index contributed by atoms with van der Waals surface area (Å²) in [6.45, 7) is 6.99. The van der Waals surface area contributed by atoms with Gasteiger partial charge in [-0.15, -0.1) is 11.1 Å². The molecule has 0 saturated heterocycles. The first-order chi connectivity index (χ1) is 19.0. The fourth-order valence-corrected chi connectivity index (χ4v) is 4.16. The van der Waals surface area contributed by atoms with Crippen molar-refractivity contribution >= 4 is 11.1 Å². The van der Waals surface area contributed by atoms with Gasteiger partial charge in [0.1, 0.15) is 0 Å². The quantitative estimate of drug-likeness (QED) is 0.287. The number of halogens is 14. The van der Waals surface area contributed by atoms with Crippen LogP contribution in [0.1, 0.15) is 73.9 Å². The van der Waals surface area contributed by atoms with Crippen LogP contribution in [-0.2, 0) is 50.9 Å². The van der Waals surface area contributed by atoms with E-state index in [1.165, 1.54) is 0 Å². The predicted molar refractivity (Wildman–Crippen MR) is 132 cm³/mol. The number of hydrogen-bond acceptors (Lipinski definition) is 0. The zero-order chi connectivity index (χ0) is 32.0. The maximum atomic E-state index is 12.8. The fraction of sp³-hybridized carbons (Fsp3) is 0.333. The van der Waals surface area contributed by atoms with E-state index >= 15 is 0 Å². The molecule has 0 amide bonds. The summed E-state index contributed by atoms with van der Waals surface area (Å²) in [5.41, 5.74) is -1.43. The molecule has 15 heteroatoms. The molecule has 0 atom stereocenters. The fourth-order valence-electron chi connectivity index (χ4n) is 4.16. The van der Waals surface area contributed by atoms with E-state index in [2.05, 4.69) is 12.2 Å². The third-order valence-corrected chi connectivity index (χ3v) is 6.71. The zero-order valence-corrected chi connectivity index (χ0v) is 27.6. The summed E-state index contributed by atoms with van der Waals surface area (Å²) in [6.07, 6.45) is -13.0. The Kier molecular flexibility index (Phi) is 14.6. The molecule has 0 bridgehead atoms. The van der Waals surface area contributed by atoms with Crippen LogP contribution in [0.3, 0.4) is 0 Å². The van der Waals surface area contributed by atoms with Gasteiger partial charge in [0, 0.05) is 22.3 Å². The summed E-state index contributed by atoms with van der Waals surface area (Å²) in [6, 6.07) is 3.22. The Morgan fingerprint density at radius 1 is 0.444 bits per heavy atom. The Morgan fingerprint density at radius 2 is 0.667 bits per heavy atom. The molecule has 0 fully saturated rings. The summed E-state index contributed by atoms with van der Waals surface area (Å²) in [4.78, 5) is 0. The van der Waals surface area contributed by atoms with Gasteiger partial charge in [0.2, 0.25) is 0 Å². The number of rotatable bonds is 2. The van der Waals surface area contributed by atoms with E-state index in [0.717, 1.165) is 46.6 Å². The smallest absolute Gasteiger partial charge is 1.00 e. The molecule has 0 aliphatic heterocycles. The third kappa shape index (κ3) is 11.1. The first kappa shape index (κ1) is 43.0. The summed E-state index contributed by atoms with van der Waals surface area (Å²) < 4.78 is 153. The van der Waals surface area contributed by atoms with Crippen molar-refractivity contribution in [3.8, 4) is 0 Å². The van der Waals surface area contributed by atoms with E-state index in [4.69, 9.17) is 0 Å². The average molecular weight is 773 g/mol. The minimum absolute atomic E-state index is 0. The summed E-state index contributed by atoms with van der Waals surface area (Å²) in [7, 11) is 0. The van der Waals surface area contributed by atoms with E-state index in [0.29, 0.717) is 24.0 Å². The van der Waals surface area contributed by atoms with Crippen molar-refractivity contribution < 1.29 is 104 Å². The molecule has 0 N–H and O–H groups in total. The molecule has 0 nitrogen and oxygen atoms in total. The van der Waals surface area contributed by atoms with Gasteiger partial charge in [-0.05, 0) is 12.1 Å². The Bertz CT molecular complexity index is 1320. The Morgan fingerprint density at radius 3 is 0.822 bits per heavy atom. The van der Waals surface area contributed by atoms with Crippen LogP contribution in [0.15, 0.2) is 58.7 Å².